The van der Waals surface area contributed by atoms with Crippen molar-refractivity contribution in [3.8, 4) is 11.8 Å². The van der Waals surface area contributed by atoms with Gasteiger partial charge in [0.05, 0.1) is 11.4 Å². The van der Waals surface area contributed by atoms with Crippen LogP contribution in [0.2, 0.25) is 0 Å². The third kappa shape index (κ3) is 1.76. The van der Waals surface area contributed by atoms with Crippen LogP contribution in [-0.4, -0.2) is 19.3 Å². The molecule has 0 saturated carbocycles. The number of hydrogen-bond acceptors (Lipinski definition) is 4. The van der Waals surface area contributed by atoms with Crippen LogP contribution >= 0.6 is 0 Å². The fourth-order valence-electron chi connectivity index (χ4n) is 2.45. The molecule has 0 bridgehead atoms. The minimum absolute atomic E-state index is 0.0648. The molecule has 0 unspecified atom stereocenters. The number of nitrogens with two attached hydrogens (primary N) is 1. The van der Waals surface area contributed by atoms with Gasteiger partial charge in [0.25, 0.3) is 0 Å². The Morgan fingerprint density at radius 2 is 2.19 bits per heavy atom. The molecule has 21 heavy (non-hydrogen) atoms. The summed E-state index contributed by atoms with van der Waals surface area (Å²) in [4.78, 5) is 4.29. The summed E-state index contributed by atoms with van der Waals surface area (Å²) >= 11 is 0. The third-order valence-corrected chi connectivity index (χ3v) is 3.38. The Morgan fingerprint density at radius 1 is 1.43 bits per heavy atom. The van der Waals surface area contributed by atoms with Crippen LogP contribution in [0.25, 0.3) is 16.9 Å². The lowest BCUT2D eigenvalue weighted by Gasteiger charge is -2.10. The largest absolute Gasteiger partial charge is 0.369 e. The first-order valence-electron chi connectivity index (χ1n) is 6.48. The van der Waals surface area contributed by atoms with Gasteiger partial charge in [-0.2, -0.15) is 10.4 Å². The van der Waals surface area contributed by atoms with Gasteiger partial charge < -0.3 is 5.73 Å². The zero-order chi connectivity index (χ0) is 15.1. The van der Waals surface area contributed by atoms with Crippen LogP contribution in [0.1, 0.15) is 18.2 Å². The number of nitrogen functional groups attached to an aromatic ring is 1. The van der Waals surface area contributed by atoms with E-state index >= 15 is 0 Å². The van der Waals surface area contributed by atoms with E-state index in [4.69, 9.17) is 5.73 Å². The molecule has 1 aromatic carbocycles. The van der Waals surface area contributed by atoms with Crippen molar-refractivity contribution in [2.75, 3.05) is 5.73 Å². The molecule has 0 radical (unpaired) electrons. The summed E-state index contributed by atoms with van der Waals surface area (Å²) in [7, 11) is 0. The number of halogens is 1. The van der Waals surface area contributed by atoms with Gasteiger partial charge in [0.15, 0.2) is 5.65 Å². The molecule has 3 aromatic rings. The molecule has 2 N–H and O–H groups in total. The lowest BCUT2D eigenvalue weighted by molar-refractivity contribution is 0.622. The van der Waals surface area contributed by atoms with E-state index in [-0.39, 0.29) is 11.5 Å². The average molecular weight is 284 g/mol. The maximum absolute atomic E-state index is 13.8. The molecule has 0 aliphatic heterocycles. The highest BCUT2D eigenvalue weighted by atomic mass is 19.1. The van der Waals surface area contributed by atoms with Crippen molar-refractivity contribution in [2.45, 2.75) is 20.4 Å². The summed E-state index contributed by atoms with van der Waals surface area (Å²) in [6.07, 6.45) is 0. The van der Waals surface area contributed by atoms with Gasteiger partial charge in [-0.05, 0) is 26.0 Å². The van der Waals surface area contributed by atoms with Gasteiger partial charge >= 0.3 is 0 Å². The van der Waals surface area contributed by atoms with E-state index in [9.17, 15) is 9.65 Å². The fourth-order valence-corrected chi connectivity index (χ4v) is 2.45. The quantitative estimate of drug-likeness (QED) is 0.781. The Kier molecular flexibility index (Phi) is 2.87. The van der Waals surface area contributed by atoms with E-state index in [1.165, 1.54) is 12.1 Å². The zero-order valence-electron chi connectivity index (χ0n) is 11.6. The topological polar surface area (TPSA) is 85.5 Å². The Bertz CT molecular complexity index is 883. The molecule has 0 amide bonds. The van der Waals surface area contributed by atoms with Gasteiger partial charge in [-0.1, -0.05) is 6.07 Å². The minimum Gasteiger partial charge on any atom is -0.369 e. The molecule has 3 rings (SSSR count). The summed E-state index contributed by atoms with van der Waals surface area (Å²) in [6.45, 7) is 4.39. The van der Waals surface area contributed by atoms with E-state index in [1.54, 1.807) is 15.3 Å². The monoisotopic (exact) mass is 284 g/mol. The molecule has 0 atom stereocenters. The summed E-state index contributed by atoms with van der Waals surface area (Å²) in [5.41, 5.74) is 8.34. The number of benzene rings is 1. The number of nitriles is 1. The van der Waals surface area contributed by atoms with E-state index in [0.29, 0.717) is 23.4 Å². The van der Waals surface area contributed by atoms with Gasteiger partial charge in [-0.25, -0.2) is 14.1 Å². The maximum Gasteiger partial charge on any atom is 0.207 e. The van der Waals surface area contributed by atoms with Crippen molar-refractivity contribution in [3.05, 3.63) is 35.3 Å². The smallest absolute Gasteiger partial charge is 0.207 e. The maximum atomic E-state index is 13.8. The summed E-state index contributed by atoms with van der Waals surface area (Å²) in [5, 5.41) is 13.6. The highest BCUT2D eigenvalue weighted by Crippen LogP contribution is 2.27. The lowest BCUT2D eigenvalue weighted by Crippen LogP contribution is -2.08. The predicted molar refractivity (Wildman–Crippen MR) is 76.4 cm³/mol. The molecule has 0 aliphatic carbocycles. The molecular formula is C14H13FN6. The number of aromatic nitrogens is 4. The second kappa shape index (κ2) is 4.59. The molecule has 2 heterocycles. The molecule has 0 fully saturated rings. The van der Waals surface area contributed by atoms with Crippen LogP contribution in [0.5, 0.6) is 0 Å². The van der Waals surface area contributed by atoms with Crippen LogP contribution in [0, 0.1) is 24.1 Å². The number of nitrogens with zero attached hydrogens (tertiary/aromatic N) is 5. The Labute approximate surface area is 120 Å². The number of aryl methyl sites for hydroxylation is 2. The van der Waals surface area contributed by atoms with Gasteiger partial charge in [-0.3, -0.25) is 4.57 Å². The first-order valence-corrected chi connectivity index (χ1v) is 6.48. The van der Waals surface area contributed by atoms with E-state index in [2.05, 4.69) is 10.1 Å². The first-order chi connectivity index (χ1) is 10.1. The van der Waals surface area contributed by atoms with Crippen LogP contribution in [0.15, 0.2) is 18.2 Å². The minimum atomic E-state index is -0.587. The Balaban J connectivity index is 2.44. The van der Waals surface area contributed by atoms with Gasteiger partial charge in [0.1, 0.15) is 23.0 Å². The zero-order valence-corrected chi connectivity index (χ0v) is 11.6. The van der Waals surface area contributed by atoms with Crippen molar-refractivity contribution in [2.24, 2.45) is 0 Å². The van der Waals surface area contributed by atoms with Crippen LogP contribution in [0.4, 0.5) is 10.3 Å². The molecular weight excluding hydrogens is 271 g/mol. The predicted octanol–water partition coefficient (Wildman–Crippen LogP) is 2.14. The van der Waals surface area contributed by atoms with Crippen molar-refractivity contribution in [3.63, 3.8) is 0 Å². The fraction of sp³-hybridized carbons (Fsp3) is 0.214. The van der Waals surface area contributed by atoms with Gasteiger partial charge in [0.2, 0.25) is 5.95 Å². The molecule has 0 saturated heterocycles. The summed E-state index contributed by atoms with van der Waals surface area (Å²) in [6, 6.07) is 6.30. The lowest BCUT2D eigenvalue weighted by atomic mass is 10.2. The van der Waals surface area contributed by atoms with E-state index < -0.39 is 5.82 Å². The highest BCUT2D eigenvalue weighted by Gasteiger charge is 2.20. The van der Waals surface area contributed by atoms with Crippen LogP contribution < -0.4 is 5.73 Å². The average Bonchev–Trinajstić information content (AvgIpc) is 2.95. The normalized spacial score (nSPS) is 11.0. The van der Waals surface area contributed by atoms with Crippen molar-refractivity contribution in [1.29, 1.82) is 5.26 Å². The van der Waals surface area contributed by atoms with E-state index in [0.717, 1.165) is 5.69 Å². The molecule has 2 aromatic heterocycles. The summed E-state index contributed by atoms with van der Waals surface area (Å²) < 4.78 is 17.1. The Hall–Kier alpha value is -2.88. The standard InChI is InChI=1S/C14H13FN6/c1-3-20-13-12(8(2)19-20)18-14(17)21(13)11-6-4-5-10(15)9(11)7-16/h4-6H,3H2,1-2H3,(H2,17,18). The second-order valence-corrected chi connectivity index (χ2v) is 4.62. The number of imidazole rings is 1. The number of rotatable bonds is 2. The number of fused-ring (bicyclic) bond motifs is 1. The Morgan fingerprint density at radius 3 is 2.86 bits per heavy atom. The van der Waals surface area contributed by atoms with E-state index in [1.807, 2.05) is 19.9 Å². The third-order valence-electron chi connectivity index (χ3n) is 3.38. The van der Waals surface area contributed by atoms with Gasteiger partial charge in [-0.15, -0.1) is 0 Å². The molecule has 6 nitrogen and oxygen atoms in total. The summed E-state index contributed by atoms with van der Waals surface area (Å²) in [5.74, 6) is -0.384. The highest BCUT2D eigenvalue weighted by molar-refractivity contribution is 5.80. The van der Waals surface area contributed by atoms with Crippen LogP contribution in [0.3, 0.4) is 0 Å². The van der Waals surface area contributed by atoms with Crippen LogP contribution in [-0.2, 0) is 6.54 Å². The van der Waals surface area contributed by atoms with Crippen molar-refractivity contribution in [1.82, 2.24) is 19.3 Å². The molecule has 0 aliphatic rings. The second-order valence-electron chi connectivity index (χ2n) is 4.62. The van der Waals surface area contributed by atoms with Crippen molar-refractivity contribution >= 4 is 17.1 Å². The molecule has 0 spiro atoms. The van der Waals surface area contributed by atoms with Gasteiger partial charge in [0, 0.05) is 6.54 Å². The number of anilines is 1. The number of hydrogen-bond donors (Lipinski definition) is 1. The molecule has 7 heteroatoms. The first kappa shape index (κ1) is 13.1. The molecule has 106 valence electrons. The van der Waals surface area contributed by atoms with Crippen molar-refractivity contribution < 1.29 is 4.39 Å². The SMILES string of the molecule is CCn1nc(C)c2nc(N)n(-c3cccc(F)c3C#N)c21.